The molecule has 2 nitrogen and oxygen atoms in total. The molecule has 0 spiro atoms. The highest BCUT2D eigenvalue weighted by molar-refractivity contribution is 5.24. The number of rotatable bonds is 3. The normalized spacial score (nSPS) is 23.1. The SMILES string of the molecule is CC(c1ccccc1)N1CC(C)(C)NCC1c1ccccc1. The van der Waals surface area contributed by atoms with Crippen molar-refractivity contribution in [2.45, 2.75) is 38.4 Å². The first-order valence-electron chi connectivity index (χ1n) is 8.17. The molecule has 3 rings (SSSR count). The van der Waals surface area contributed by atoms with Gasteiger partial charge in [0.15, 0.2) is 0 Å². The number of nitrogens with one attached hydrogen (secondary N) is 1. The molecule has 0 radical (unpaired) electrons. The number of hydrogen-bond acceptors (Lipinski definition) is 2. The lowest BCUT2D eigenvalue weighted by Gasteiger charge is -2.47. The van der Waals surface area contributed by atoms with Gasteiger partial charge in [0.1, 0.15) is 0 Å². The molecule has 0 bridgehead atoms. The van der Waals surface area contributed by atoms with Gasteiger partial charge in [-0.05, 0) is 31.9 Å². The van der Waals surface area contributed by atoms with E-state index in [0.717, 1.165) is 13.1 Å². The van der Waals surface area contributed by atoms with Crippen molar-refractivity contribution < 1.29 is 0 Å². The zero-order valence-electron chi connectivity index (χ0n) is 13.8. The quantitative estimate of drug-likeness (QED) is 0.914. The molecule has 1 aliphatic heterocycles. The molecular formula is C20H26N2. The molecule has 0 amide bonds. The first-order valence-corrected chi connectivity index (χ1v) is 8.17. The van der Waals surface area contributed by atoms with Crippen LogP contribution in [0.3, 0.4) is 0 Å². The van der Waals surface area contributed by atoms with Crippen LogP contribution in [0.5, 0.6) is 0 Å². The standard InChI is InChI=1S/C20H26N2/c1-16(17-10-6-4-7-11-17)22-15-20(2,3)21-14-19(22)18-12-8-5-9-13-18/h4-13,16,19,21H,14-15H2,1-3H3. The minimum Gasteiger partial charge on any atom is -0.309 e. The Morgan fingerprint density at radius 2 is 1.59 bits per heavy atom. The topological polar surface area (TPSA) is 15.3 Å². The molecule has 2 aromatic carbocycles. The Labute approximate surface area is 134 Å². The second-order valence-corrected chi connectivity index (χ2v) is 6.95. The zero-order valence-corrected chi connectivity index (χ0v) is 13.8. The fraction of sp³-hybridized carbons (Fsp3) is 0.400. The van der Waals surface area contributed by atoms with Crippen LogP contribution in [0.25, 0.3) is 0 Å². The van der Waals surface area contributed by atoms with E-state index in [1.807, 2.05) is 0 Å². The number of hydrogen-bond donors (Lipinski definition) is 1. The van der Waals surface area contributed by atoms with Gasteiger partial charge in [-0.3, -0.25) is 4.90 Å². The molecule has 0 aromatic heterocycles. The summed E-state index contributed by atoms with van der Waals surface area (Å²) in [4.78, 5) is 2.64. The fourth-order valence-electron chi connectivity index (χ4n) is 3.43. The van der Waals surface area contributed by atoms with Crippen molar-refractivity contribution in [3.63, 3.8) is 0 Å². The molecule has 1 fully saturated rings. The minimum atomic E-state index is 0.147. The summed E-state index contributed by atoms with van der Waals surface area (Å²) in [6.45, 7) is 8.95. The third-order valence-electron chi connectivity index (χ3n) is 4.72. The van der Waals surface area contributed by atoms with Gasteiger partial charge in [-0.1, -0.05) is 60.7 Å². The number of benzene rings is 2. The smallest absolute Gasteiger partial charge is 0.0479 e. The summed E-state index contributed by atoms with van der Waals surface area (Å²) < 4.78 is 0. The van der Waals surface area contributed by atoms with Crippen molar-refractivity contribution in [2.24, 2.45) is 0 Å². The van der Waals surface area contributed by atoms with E-state index < -0.39 is 0 Å². The number of nitrogens with zero attached hydrogens (tertiary/aromatic N) is 1. The molecule has 1 heterocycles. The molecule has 2 atom stereocenters. The highest BCUT2D eigenvalue weighted by atomic mass is 15.3. The Morgan fingerprint density at radius 1 is 1.00 bits per heavy atom. The van der Waals surface area contributed by atoms with E-state index in [0.29, 0.717) is 12.1 Å². The Kier molecular flexibility index (Phi) is 4.32. The lowest BCUT2D eigenvalue weighted by Crippen LogP contribution is -2.58. The second kappa shape index (κ2) is 6.23. The van der Waals surface area contributed by atoms with Crippen LogP contribution in [0.15, 0.2) is 60.7 Å². The van der Waals surface area contributed by atoms with Crippen LogP contribution in [0.1, 0.15) is 44.0 Å². The first-order chi connectivity index (χ1) is 10.6. The molecule has 2 heteroatoms. The predicted molar refractivity (Wildman–Crippen MR) is 92.8 cm³/mol. The van der Waals surface area contributed by atoms with Gasteiger partial charge >= 0.3 is 0 Å². The zero-order chi connectivity index (χ0) is 15.6. The molecule has 1 N–H and O–H groups in total. The first kappa shape index (κ1) is 15.3. The van der Waals surface area contributed by atoms with E-state index in [4.69, 9.17) is 0 Å². The Bertz CT molecular complexity index is 592. The highest BCUT2D eigenvalue weighted by Gasteiger charge is 2.36. The van der Waals surface area contributed by atoms with Crippen molar-refractivity contribution in [3.05, 3.63) is 71.8 Å². The molecule has 0 saturated carbocycles. The lowest BCUT2D eigenvalue weighted by atomic mass is 9.92. The van der Waals surface area contributed by atoms with Crippen molar-refractivity contribution in [1.29, 1.82) is 0 Å². The third-order valence-corrected chi connectivity index (χ3v) is 4.72. The molecule has 1 aliphatic rings. The fourth-order valence-corrected chi connectivity index (χ4v) is 3.43. The van der Waals surface area contributed by atoms with Gasteiger partial charge in [0, 0.05) is 30.7 Å². The number of piperazine rings is 1. The van der Waals surface area contributed by atoms with E-state index in [2.05, 4.69) is 91.7 Å². The van der Waals surface area contributed by atoms with Crippen LogP contribution in [0, 0.1) is 0 Å². The van der Waals surface area contributed by atoms with Crippen molar-refractivity contribution >= 4 is 0 Å². The van der Waals surface area contributed by atoms with Gasteiger partial charge in [-0.15, -0.1) is 0 Å². The summed E-state index contributed by atoms with van der Waals surface area (Å²) in [5.74, 6) is 0. The summed E-state index contributed by atoms with van der Waals surface area (Å²) >= 11 is 0. The maximum Gasteiger partial charge on any atom is 0.0479 e. The second-order valence-electron chi connectivity index (χ2n) is 6.95. The molecule has 0 aliphatic carbocycles. The summed E-state index contributed by atoms with van der Waals surface area (Å²) in [6, 6.07) is 22.5. The van der Waals surface area contributed by atoms with Crippen molar-refractivity contribution in [1.82, 2.24) is 10.2 Å². The maximum atomic E-state index is 3.70. The summed E-state index contributed by atoms with van der Waals surface area (Å²) in [6.07, 6.45) is 0. The van der Waals surface area contributed by atoms with Crippen LogP contribution in [-0.4, -0.2) is 23.5 Å². The van der Waals surface area contributed by atoms with Gasteiger partial charge in [-0.2, -0.15) is 0 Å². The Hall–Kier alpha value is -1.64. The van der Waals surface area contributed by atoms with Crippen LogP contribution in [0.2, 0.25) is 0 Å². The van der Waals surface area contributed by atoms with E-state index in [1.165, 1.54) is 11.1 Å². The third kappa shape index (κ3) is 3.23. The summed E-state index contributed by atoms with van der Waals surface area (Å²) in [5, 5.41) is 3.70. The minimum absolute atomic E-state index is 0.147. The van der Waals surface area contributed by atoms with Crippen LogP contribution >= 0.6 is 0 Å². The summed E-state index contributed by atoms with van der Waals surface area (Å²) in [5.41, 5.74) is 2.93. The average molecular weight is 294 g/mol. The van der Waals surface area contributed by atoms with Crippen LogP contribution in [-0.2, 0) is 0 Å². The molecule has 116 valence electrons. The van der Waals surface area contributed by atoms with Crippen molar-refractivity contribution in [2.75, 3.05) is 13.1 Å². The average Bonchev–Trinajstić information content (AvgIpc) is 2.55. The molecule has 2 aromatic rings. The Balaban J connectivity index is 1.92. The highest BCUT2D eigenvalue weighted by Crippen LogP contribution is 2.34. The largest absolute Gasteiger partial charge is 0.309 e. The lowest BCUT2D eigenvalue weighted by molar-refractivity contribution is 0.0594. The predicted octanol–water partition coefficient (Wildman–Crippen LogP) is 4.17. The molecule has 1 saturated heterocycles. The van der Waals surface area contributed by atoms with Crippen LogP contribution < -0.4 is 5.32 Å². The van der Waals surface area contributed by atoms with Crippen LogP contribution in [0.4, 0.5) is 0 Å². The monoisotopic (exact) mass is 294 g/mol. The van der Waals surface area contributed by atoms with E-state index in [1.54, 1.807) is 0 Å². The van der Waals surface area contributed by atoms with Gasteiger partial charge in [0.05, 0.1) is 0 Å². The summed E-state index contributed by atoms with van der Waals surface area (Å²) in [7, 11) is 0. The van der Waals surface area contributed by atoms with Crippen molar-refractivity contribution in [3.8, 4) is 0 Å². The van der Waals surface area contributed by atoms with E-state index in [9.17, 15) is 0 Å². The molecular weight excluding hydrogens is 268 g/mol. The molecule has 22 heavy (non-hydrogen) atoms. The van der Waals surface area contributed by atoms with Gasteiger partial charge in [0.25, 0.3) is 0 Å². The van der Waals surface area contributed by atoms with E-state index in [-0.39, 0.29) is 5.54 Å². The van der Waals surface area contributed by atoms with E-state index >= 15 is 0 Å². The van der Waals surface area contributed by atoms with Gasteiger partial charge < -0.3 is 5.32 Å². The Morgan fingerprint density at radius 3 is 2.23 bits per heavy atom. The van der Waals surface area contributed by atoms with Gasteiger partial charge in [0.2, 0.25) is 0 Å². The maximum absolute atomic E-state index is 3.70. The van der Waals surface area contributed by atoms with Gasteiger partial charge in [-0.25, -0.2) is 0 Å². The molecule has 2 unspecified atom stereocenters.